The molecule has 8 rings (SSSR count). The van der Waals surface area contributed by atoms with Crippen LogP contribution in [0.2, 0.25) is 0 Å². The largest absolute Gasteiger partial charge is 0.0611 e. The molecular weight excluding hydrogens is 492 g/mol. The molecule has 0 amide bonds. The van der Waals surface area contributed by atoms with Crippen molar-refractivity contribution in [2.75, 3.05) is 0 Å². The predicted molar refractivity (Wildman–Crippen MR) is 174 cm³/mol. The fourth-order valence-corrected chi connectivity index (χ4v) is 9.97. The first-order valence-corrected chi connectivity index (χ1v) is 17.8. The molecule has 214 valence electrons. The highest BCUT2D eigenvalue weighted by molar-refractivity contribution is 5.76. The van der Waals surface area contributed by atoms with Crippen molar-refractivity contribution < 1.29 is 0 Å². The zero-order valence-electron chi connectivity index (χ0n) is 25.4. The summed E-state index contributed by atoms with van der Waals surface area (Å²) in [6.07, 6.45) is 36.7. The Hall–Kier alpha value is -2.08. The molecule has 41 heavy (non-hydrogen) atoms. The second kappa shape index (κ2) is 11.5. The Labute approximate surface area is 250 Å². The highest BCUT2D eigenvalue weighted by Crippen LogP contribution is 2.48. The van der Waals surface area contributed by atoms with Crippen molar-refractivity contribution >= 4 is 12.2 Å². The summed E-state index contributed by atoms with van der Waals surface area (Å²) in [7, 11) is 0. The van der Waals surface area contributed by atoms with Gasteiger partial charge in [-0.05, 0) is 139 Å². The SMILES string of the molecule is [CH]1C(CCCC2=Cc3c(C4CCCC4)ccc(C4CCCC4)c3[CH]2)=Cc2c(C3CCCC3)ccc(C3CCCC3)c21. The number of benzene rings is 2. The molecule has 2 radical (unpaired) electrons. The van der Waals surface area contributed by atoms with E-state index in [1.807, 2.05) is 0 Å². The van der Waals surface area contributed by atoms with Crippen molar-refractivity contribution in [3.63, 3.8) is 0 Å². The Morgan fingerprint density at radius 2 is 0.683 bits per heavy atom. The Morgan fingerprint density at radius 3 is 1.00 bits per heavy atom. The Bertz CT molecular complexity index is 1220. The molecule has 0 heterocycles. The van der Waals surface area contributed by atoms with Crippen LogP contribution in [0.25, 0.3) is 12.2 Å². The molecule has 4 saturated carbocycles. The molecule has 4 fully saturated rings. The van der Waals surface area contributed by atoms with E-state index in [4.69, 9.17) is 0 Å². The van der Waals surface area contributed by atoms with Crippen LogP contribution >= 0.6 is 0 Å². The molecule has 2 aromatic carbocycles. The quantitative estimate of drug-likeness (QED) is 0.311. The first-order chi connectivity index (χ1) is 20.3. The topological polar surface area (TPSA) is 0 Å². The monoisotopic (exact) mass is 542 g/mol. The maximum absolute atomic E-state index is 2.62. The molecule has 0 bridgehead atoms. The molecule has 0 aliphatic heterocycles. The van der Waals surface area contributed by atoms with E-state index in [-0.39, 0.29) is 0 Å². The maximum Gasteiger partial charge on any atom is 0.0167 e. The molecule has 0 N–H and O–H groups in total. The van der Waals surface area contributed by atoms with E-state index in [0.29, 0.717) is 0 Å². The summed E-state index contributed by atoms with van der Waals surface area (Å²) in [5.74, 6) is 3.19. The Balaban J connectivity index is 0.991. The second-order valence-electron chi connectivity index (χ2n) is 14.6. The molecule has 0 unspecified atom stereocenters. The molecule has 0 saturated heterocycles. The van der Waals surface area contributed by atoms with Crippen LogP contribution in [0.3, 0.4) is 0 Å². The van der Waals surface area contributed by atoms with Gasteiger partial charge in [-0.1, -0.05) is 98.9 Å². The van der Waals surface area contributed by atoms with E-state index in [2.05, 4.69) is 49.3 Å². The Morgan fingerprint density at radius 1 is 0.390 bits per heavy atom. The van der Waals surface area contributed by atoms with E-state index in [9.17, 15) is 0 Å². The summed E-state index contributed by atoms with van der Waals surface area (Å²) in [6.45, 7) is 0. The van der Waals surface area contributed by atoms with Crippen LogP contribution in [0.15, 0.2) is 35.4 Å². The molecule has 0 atom stereocenters. The van der Waals surface area contributed by atoms with Crippen LogP contribution in [-0.2, 0) is 0 Å². The lowest BCUT2D eigenvalue weighted by Gasteiger charge is -2.20. The minimum Gasteiger partial charge on any atom is -0.0611 e. The molecule has 6 aliphatic carbocycles. The van der Waals surface area contributed by atoms with E-state index in [1.54, 1.807) is 55.7 Å². The van der Waals surface area contributed by atoms with Crippen molar-refractivity contribution in [2.24, 2.45) is 0 Å². The minimum absolute atomic E-state index is 0.797. The van der Waals surface area contributed by atoms with Crippen molar-refractivity contribution in [1.29, 1.82) is 0 Å². The summed E-state index contributed by atoms with van der Waals surface area (Å²) in [4.78, 5) is 0. The Kier molecular flexibility index (Phi) is 7.47. The molecule has 0 heteroatoms. The van der Waals surface area contributed by atoms with Crippen molar-refractivity contribution in [3.05, 3.63) is 92.8 Å². The summed E-state index contributed by atoms with van der Waals surface area (Å²) < 4.78 is 0. The van der Waals surface area contributed by atoms with Gasteiger partial charge in [-0.15, -0.1) is 0 Å². The zero-order chi connectivity index (χ0) is 27.2. The molecule has 0 nitrogen and oxygen atoms in total. The van der Waals surface area contributed by atoms with E-state index >= 15 is 0 Å². The van der Waals surface area contributed by atoms with E-state index in [1.165, 1.54) is 122 Å². The average Bonchev–Trinajstić information content (AvgIpc) is 3.85. The van der Waals surface area contributed by atoms with Crippen LogP contribution in [-0.4, -0.2) is 0 Å². The lowest BCUT2D eigenvalue weighted by atomic mass is 9.84. The zero-order valence-corrected chi connectivity index (χ0v) is 25.4. The summed E-state index contributed by atoms with van der Waals surface area (Å²) in [5.41, 5.74) is 16.4. The summed E-state index contributed by atoms with van der Waals surface area (Å²) in [6, 6.07) is 10.2. The highest BCUT2D eigenvalue weighted by atomic mass is 14.4. The fraction of sp³-hybridized carbons (Fsp3) is 0.561. The third kappa shape index (κ3) is 5.10. The van der Waals surface area contributed by atoms with Gasteiger partial charge in [0.15, 0.2) is 0 Å². The third-order valence-corrected chi connectivity index (χ3v) is 12.1. The molecule has 2 aromatic rings. The standard InChI is InChI=1S/C41H50/c1-2-13-30(12-1)34-20-21-35(31-14-3-4-15-31)39-25-28(24-38(34)39)10-9-11-29-26-40-36(32-16-5-6-17-32)22-23-37(41(40)27-29)33-18-7-8-19-33/h20-27,30-33H,1-19H2. The van der Waals surface area contributed by atoms with E-state index in [0.717, 1.165) is 23.7 Å². The van der Waals surface area contributed by atoms with Gasteiger partial charge in [0.25, 0.3) is 0 Å². The minimum atomic E-state index is 0.797. The number of hydrogen-bond acceptors (Lipinski definition) is 0. The first-order valence-electron chi connectivity index (χ1n) is 17.8. The number of fused-ring (bicyclic) bond motifs is 2. The van der Waals surface area contributed by atoms with Gasteiger partial charge in [0, 0.05) is 12.8 Å². The fourth-order valence-electron chi connectivity index (χ4n) is 9.97. The van der Waals surface area contributed by atoms with Gasteiger partial charge in [-0.25, -0.2) is 0 Å². The molecule has 0 aromatic heterocycles. The van der Waals surface area contributed by atoms with Crippen molar-refractivity contribution in [2.45, 2.75) is 146 Å². The van der Waals surface area contributed by atoms with Gasteiger partial charge in [0.1, 0.15) is 0 Å². The van der Waals surface area contributed by atoms with Crippen LogP contribution < -0.4 is 0 Å². The average molecular weight is 543 g/mol. The van der Waals surface area contributed by atoms with Crippen molar-refractivity contribution in [1.82, 2.24) is 0 Å². The van der Waals surface area contributed by atoms with Gasteiger partial charge in [0.2, 0.25) is 0 Å². The molecular formula is C41H50. The molecule has 6 aliphatic rings. The normalized spacial score (nSPS) is 23.5. The lowest BCUT2D eigenvalue weighted by molar-refractivity contribution is 0.704. The van der Waals surface area contributed by atoms with Gasteiger partial charge in [-0.2, -0.15) is 0 Å². The van der Waals surface area contributed by atoms with Crippen molar-refractivity contribution in [3.8, 4) is 0 Å². The van der Waals surface area contributed by atoms with E-state index < -0.39 is 0 Å². The van der Waals surface area contributed by atoms with Crippen LogP contribution in [0.5, 0.6) is 0 Å². The smallest absolute Gasteiger partial charge is 0.0167 e. The van der Waals surface area contributed by atoms with Crippen LogP contribution in [0.4, 0.5) is 0 Å². The first kappa shape index (κ1) is 26.5. The maximum atomic E-state index is 2.62. The second-order valence-corrected chi connectivity index (χ2v) is 14.6. The van der Waals surface area contributed by atoms with Gasteiger partial charge >= 0.3 is 0 Å². The number of rotatable bonds is 8. The number of hydrogen-bond donors (Lipinski definition) is 0. The summed E-state index contributed by atoms with van der Waals surface area (Å²) >= 11 is 0. The van der Waals surface area contributed by atoms with Crippen LogP contribution in [0.1, 0.15) is 190 Å². The number of allylic oxidation sites excluding steroid dienone is 2. The van der Waals surface area contributed by atoms with Gasteiger partial charge < -0.3 is 0 Å². The lowest BCUT2D eigenvalue weighted by Crippen LogP contribution is -2.03. The molecule has 0 spiro atoms. The van der Waals surface area contributed by atoms with Gasteiger partial charge in [0.05, 0.1) is 0 Å². The van der Waals surface area contributed by atoms with Crippen LogP contribution in [0, 0.1) is 12.8 Å². The summed E-state index contributed by atoms with van der Waals surface area (Å²) in [5, 5.41) is 0. The highest BCUT2D eigenvalue weighted by Gasteiger charge is 2.31. The predicted octanol–water partition coefficient (Wildman–Crippen LogP) is 12.1. The van der Waals surface area contributed by atoms with Gasteiger partial charge in [-0.3, -0.25) is 0 Å². The third-order valence-electron chi connectivity index (χ3n) is 12.1.